The van der Waals surface area contributed by atoms with E-state index >= 15 is 0 Å². The highest BCUT2D eigenvalue weighted by molar-refractivity contribution is 6.16. The van der Waals surface area contributed by atoms with Gasteiger partial charge in [-0.05, 0) is 60.6 Å². The number of methoxy groups -OCH3 is 1. The van der Waals surface area contributed by atoms with Gasteiger partial charge in [-0.2, -0.15) is 4.90 Å². The Hall–Kier alpha value is -3.71. The fourth-order valence-electron chi connectivity index (χ4n) is 5.91. The molecule has 7 nitrogen and oxygen atoms in total. The van der Waals surface area contributed by atoms with Gasteiger partial charge < -0.3 is 14.6 Å². The molecule has 0 saturated carbocycles. The first kappa shape index (κ1) is 24.0. The largest absolute Gasteiger partial charge is 0.508 e. The second-order valence-electron chi connectivity index (χ2n) is 9.65. The smallest absolute Gasteiger partial charge is 0.423 e. The summed E-state index contributed by atoms with van der Waals surface area (Å²) in [6.45, 7) is 2.36. The molecule has 2 saturated heterocycles. The predicted octanol–water partition coefficient (Wildman–Crippen LogP) is 4.82. The number of benzene rings is 2. The van der Waals surface area contributed by atoms with Crippen LogP contribution < -0.4 is 0 Å². The predicted molar refractivity (Wildman–Crippen MR) is 133 cm³/mol. The standard InChI is InChI=1S/C29H29NO6/c1-17-14-22-26(28(33)30(27(22)32)29(34)35-2)23-16-36-24(25(17)23)13-10-20(19-6-4-3-5-7-19)15-18-8-11-21(31)12-9-18/h3-9,11-12,15,22-24,26,31H,10,13-14,16H2,1-2H3/b20-15-/t22-,23+,24-,26-/m1/s1. The normalized spacial score (nSPS) is 25.7. The highest BCUT2D eigenvalue weighted by Gasteiger charge is 2.58. The summed E-state index contributed by atoms with van der Waals surface area (Å²) in [4.78, 5) is 38.7. The summed E-state index contributed by atoms with van der Waals surface area (Å²) >= 11 is 0. The minimum absolute atomic E-state index is 0.155. The number of phenolic OH excluding ortho intramolecular Hbond substituents is 1. The number of nitrogens with zero attached hydrogens (tertiary/aromatic N) is 1. The Morgan fingerprint density at radius 1 is 1.08 bits per heavy atom. The highest BCUT2D eigenvalue weighted by Crippen LogP contribution is 2.50. The number of imide groups is 3. The van der Waals surface area contributed by atoms with Gasteiger partial charge in [0, 0.05) is 5.92 Å². The summed E-state index contributed by atoms with van der Waals surface area (Å²) < 4.78 is 10.9. The van der Waals surface area contributed by atoms with Crippen molar-refractivity contribution in [3.05, 3.63) is 76.9 Å². The lowest BCUT2D eigenvalue weighted by atomic mass is 9.70. The van der Waals surface area contributed by atoms with Crippen molar-refractivity contribution >= 4 is 29.6 Å². The molecule has 186 valence electrons. The number of carbonyl (C=O) groups excluding carboxylic acids is 3. The topological polar surface area (TPSA) is 93.1 Å². The Morgan fingerprint density at radius 2 is 1.81 bits per heavy atom. The maximum atomic E-state index is 13.1. The number of hydrogen-bond donors (Lipinski definition) is 1. The number of aromatic hydroxyl groups is 1. The molecule has 5 rings (SSSR count). The van der Waals surface area contributed by atoms with Crippen LogP contribution in [0.1, 0.15) is 37.3 Å². The average molecular weight is 488 g/mol. The number of fused-ring (bicyclic) bond motifs is 3. The van der Waals surface area contributed by atoms with Crippen molar-refractivity contribution in [3.8, 4) is 5.75 Å². The van der Waals surface area contributed by atoms with Crippen molar-refractivity contribution in [2.45, 2.75) is 32.3 Å². The fraction of sp³-hybridized carbons (Fsp3) is 0.345. The molecule has 0 aromatic heterocycles. The van der Waals surface area contributed by atoms with E-state index in [1.807, 2.05) is 37.3 Å². The van der Waals surface area contributed by atoms with Crippen molar-refractivity contribution in [2.24, 2.45) is 17.8 Å². The van der Waals surface area contributed by atoms with E-state index in [9.17, 15) is 19.5 Å². The van der Waals surface area contributed by atoms with Crippen LogP contribution in [0.5, 0.6) is 5.75 Å². The van der Waals surface area contributed by atoms with Crippen LogP contribution in [0.4, 0.5) is 4.79 Å². The van der Waals surface area contributed by atoms with Crippen LogP contribution in [0.2, 0.25) is 0 Å². The number of ether oxygens (including phenoxy) is 2. The van der Waals surface area contributed by atoms with E-state index in [0.717, 1.165) is 40.7 Å². The molecule has 0 unspecified atom stereocenters. The number of phenols is 1. The molecule has 0 radical (unpaired) electrons. The van der Waals surface area contributed by atoms with Gasteiger partial charge in [0.15, 0.2) is 0 Å². The monoisotopic (exact) mass is 487 g/mol. The number of rotatable bonds is 5. The maximum Gasteiger partial charge on any atom is 0.423 e. The third-order valence-electron chi connectivity index (χ3n) is 7.56. The van der Waals surface area contributed by atoms with Crippen molar-refractivity contribution in [2.75, 3.05) is 13.7 Å². The van der Waals surface area contributed by atoms with Gasteiger partial charge in [0.25, 0.3) is 0 Å². The van der Waals surface area contributed by atoms with Crippen molar-refractivity contribution in [3.63, 3.8) is 0 Å². The lowest BCUT2D eigenvalue weighted by molar-refractivity contribution is -0.137. The molecule has 1 aliphatic carbocycles. The Balaban J connectivity index is 1.38. The average Bonchev–Trinajstić information content (AvgIpc) is 3.42. The molecule has 2 aliphatic heterocycles. The van der Waals surface area contributed by atoms with Crippen LogP contribution in [0.3, 0.4) is 0 Å². The first-order chi connectivity index (χ1) is 17.4. The van der Waals surface area contributed by atoms with E-state index in [2.05, 4.69) is 22.9 Å². The maximum absolute atomic E-state index is 13.1. The third kappa shape index (κ3) is 4.24. The summed E-state index contributed by atoms with van der Waals surface area (Å²) in [6.07, 6.45) is 2.96. The second kappa shape index (κ2) is 9.74. The molecule has 0 spiro atoms. The van der Waals surface area contributed by atoms with Crippen molar-refractivity contribution in [1.82, 2.24) is 4.90 Å². The van der Waals surface area contributed by atoms with E-state index in [1.54, 1.807) is 12.1 Å². The number of carbonyl (C=O) groups is 3. The second-order valence-corrected chi connectivity index (χ2v) is 9.65. The molecule has 36 heavy (non-hydrogen) atoms. The Labute approximate surface area is 210 Å². The van der Waals surface area contributed by atoms with Gasteiger partial charge in [0.2, 0.25) is 11.8 Å². The Kier molecular flexibility index (Phi) is 6.49. The van der Waals surface area contributed by atoms with Gasteiger partial charge in [-0.15, -0.1) is 0 Å². The molecule has 2 aromatic rings. The third-order valence-corrected chi connectivity index (χ3v) is 7.56. The summed E-state index contributed by atoms with van der Waals surface area (Å²) in [7, 11) is 1.17. The zero-order valence-electron chi connectivity index (χ0n) is 20.3. The van der Waals surface area contributed by atoms with Crippen molar-refractivity contribution in [1.29, 1.82) is 0 Å². The quantitative estimate of drug-likeness (QED) is 0.369. The molecular weight excluding hydrogens is 458 g/mol. The van der Waals surface area contributed by atoms with Gasteiger partial charge in [0.05, 0.1) is 31.7 Å². The SMILES string of the molecule is COC(=O)N1C(=O)[C@@H]2[C@@H](CC(C)=C3[C@@H](CC/C(=C/c4ccc(O)cc4)c4ccccc4)OC[C@@H]32)C1=O. The van der Waals surface area contributed by atoms with E-state index in [0.29, 0.717) is 17.9 Å². The summed E-state index contributed by atoms with van der Waals surface area (Å²) in [5.74, 6) is -2.05. The number of allylic oxidation sites excluding steroid dienone is 2. The van der Waals surface area contributed by atoms with Gasteiger partial charge in [-0.25, -0.2) is 4.79 Å². The van der Waals surface area contributed by atoms with Gasteiger partial charge in [-0.3, -0.25) is 9.59 Å². The fourth-order valence-corrected chi connectivity index (χ4v) is 5.91. The summed E-state index contributed by atoms with van der Waals surface area (Å²) in [5.41, 5.74) is 5.41. The number of likely N-dealkylation sites (tertiary alicyclic amines) is 1. The van der Waals surface area contributed by atoms with E-state index in [1.165, 1.54) is 7.11 Å². The Morgan fingerprint density at radius 3 is 2.50 bits per heavy atom. The highest BCUT2D eigenvalue weighted by atomic mass is 16.5. The number of hydrogen-bond acceptors (Lipinski definition) is 6. The van der Waals surface area contributed by atoms with E-state index < -0.39 is 29.7 Å². The van der Waals surface area contributed by atoms with Gasteiger partial charge >= 0.3 is 6.09 Å². The Bertz CT molecular complexity index is 1250. The van der Waals surface area contributed by atoms with Crippen LogP contribution in [-0.4, -0.2) is 47.7 Å². The zero-order valence-corrected chi connectivity index (χ0v) is 20.3. The minimum atomic E-state index is -0.916. The van der Waals surface area contributed by atoms with Crippen molar-refractivity contribution < 1.29 is 29.0 Å². The van der Waals surface area contributed by atoms with Gasteiger partial charge in [0.1, 0.15) is 5.75 Å². The lowest BCUT2D eigenvalue weighted by Crippen LogP contribution is -2.37. The minimum Gasteiger partial charge on any atom is -0.508 e. The number of amides is 3. The molecular formula is C29H29NO6. The van der Waals surface area contributed by atoms with E-state index in [-0.39, 0.29) is 17.8 Å². The van der Waals surface area contributed by atoms with Crippen LogP contribution in [0, 0.1) is 17.8 Å². The lowest BCUT2D eigenvalue weighted by Gasteiger charge is -2.30. The van der Waals surface area contributed by atoms with E-state index in [4.69, 9.17) is 4.74 Å². The molecule has 0 bridgehead atoms. The van der Waals surface area contributed by atoms with Crippen LogP contribution in [0.25, 0.3) is 11.6 Å². The molecule has 7 heteroatoms. The first-order valence-corrected chi connectivity index (χ1v) is 12.2. The van der Waals surface area contributed by atoms with Gasteiger partial charge in [-0.1, -0.05) is 54.1 Å². The molecule has 1 N–H and O–H groups in total. The molecule has 2 heterocycles. The molecule has 3 amide bonds. The summed E-state index contributed by atoms with van der Waals surface area (Å²) in [5, 5.41) is 9.63. The molecule has 3 aliphatic rings. The molecule has 4 atom stereocenters. The molecule has 2 fully saturated rings. The molecule has 2 aromatic carbocycles. The van der Waals surface area contributed by atoms with Crippen LogP contribution in [0.15, 0.2) is 65.7 Å². The first-order valence-electron chi connectivity index (χ1n) is 12.2. The van der Waals surface area contributed by atoms with Crippen LogP contribution in [-0.2, 0) is 19.1 Å². The zero-order chi connectivity index (χ0) is 25.4. The van der Waals surface area contributed by atoms with Crippen LogP contribution >= 0.6 is 0 Å². The summed E-state index contributed by atoms with van der Waals surface area (Å²) in [6, 6.07) is 17.2.